The molecule has 0 bridgehead atoms. The van der Waals surface area contributed by atoms with Crippen molar-refractivity contribution in [1.29, 1.82) is 0 Å². The maximum Gasteiger partial charge on any atom is 0.350 e. The number of aromatic amines is 1. The van der Waals surface area contributed by atoms with Crippen molar-refractivity contribution in [2.45, 2.75) is 0 Å². The summed E-state index contributed by atoms with van der Waals surface area (Å²) in [6.07, 6.45) is 2.12. The third-order valence-corrected chi connectivity index (χ3v) is 1.30. The normalized spacial score (nSPS) is 9.33. The first-order chi connectivity index (χ1) is 7.22. The van der Waals surface area contributed by atoms with Crippen LogP contribution in [0.25, 0.3) is 0 Å². The Morgan fingerprint density at radius 3 is 3.00 bits per heavy atom. The largest absolute Gasteiger partial charge is 0.461 e. The summed E-state index contributed by atoms with van der Waals surface area (Å²) >= 11 is 0. The average molecular weight is 211 g/mol. The van der Waals surface area contributed by atoms with Gasteiger partial charge in [-0.1, -0.05) is 6.58 Å². The molecule has 0 aliphatic heterocycles. The summed E-state index contributed by atoms with van der Waals surface area (Å²) in [5, 5.41) is 0. The van der Waals surface area contributed by atoms with E-state index in [4.69, 9.17) is 4.74 Å². The van der Waals surface area contributed by atoms with Crippen molar-refractivity contribution in [2.24, 2.45) is 0 Å². The van der Waals surface area contributed by atoms with E-state index in [0.29, 0.717) is 0 Å². The predicted molar refractivity (Wildman–Crippen MR) is 49.3 cm³/mol. The molecule has 15 heavy (non-hydrogen) atoms. The summed E-state index contributed by atoms with van der Waals surface area (Å²) in [4.78, 5) is 30.5. The van der Waals surface area contributed by atoms with Gasteiger partial charge in [0.2, 0.25) is 0 Å². The van der Waals surface area contributed by atoms with Gasteiger partial charge < -0.3 is 9.47 Å². The number of nitrogens with one attached hydrogen (secondary N) is 1. The van der Waals surface area contributed by atoms with Gasteiger partial charge in [0.15, 0.2) is 0 Å². The highest BCUT2D eigenvalue weighted by Crippen LogP contribution is 1.93. The molecule has 0 unspecified atom stereocenters. The topological polar surface area (TPSA) is 94.2 Å². The fourth-order valence-corrected chi connectivity index (χ4v) is 0.703. The zero-order chi connectivity index (χ0) is 11.1. The Hall–Kier alpha value is -2.18. The molecule has 0 saturated heterocycles. The smallest absolute Gasteiger partial charge is 0.350 e. The minimum atomic E-state index is -0.553. The third kappa shape index (κ3) is 4.03. The highest BCUT2D eigenvalue weighted by atomic mass is 16.6. The van der Waals surface area contributed by atoms with E-state index >= 15 is 0 Å². The lowest BCUT2D eigenvalue weighted by Gasteiger charge is -2.03. The van der Waals surface area contributed by atoms with E-state index in [0.717, 1.165) is 12.4 Å². The molecular weight excluding hydrogens is 202 g/mol. The molecule has 7 nitrogen and oxygen atoms in total. The van der Waals surface area contributed by atoms with Crippen LogP contribution in [0, 0.1) is 0 Å². The molecule has 0 aromatic carbocycles. The standard InChI is InChI=1S/C8H9N3O4/c1-2-6(12)14-3-4-15-8-10-5-9-7(13)11-8/h2,5H,1,3-4H2,(H,9,10,11,13). The Morgan fingerprint density at radius 1 is 1.53 bits per heavy atom. The van der Waals surface area contributed by atoms with Crippen LogP contribution in [0.5, 0.6) is 6.01 Å². The molecule has 1 aromatic rings. The van der Waals surface area contributed by atoms with E-state index in [2.05, 4.69) is 26.3 Å². The van der Waals surface area contributed by atoms with Crippen LogP contribution in [0.1, 0.15) is 0 Å². The van der Waals surface area contributed by atoms with Crippen LogP contribution in [0.3, 0.4) is 0 Å². The van der Waals surface area contributed by atoms with E-state index in [1.165, 1.54) is 0 Å². The Labute approximate surface area is 84.8 Å². The average Bonchev–Trinajstić information content (AvgIpc) is 2.24. The van der Waals surface area contributed by atoms with Gasteiger partial charge in [-0.3, -0.25) is 4.98 Å². The molecule has 1 aromatic heterocycles. The minimum absolute atomic E-state index is 0.0321. The second-order valence-electron chi connectivity index (χ2n) is 2.33. The summed E-state index contributed by atoms with van der Waals surface area (Å²) in [7, 11) is 0. The number of rotatable bonds is 5. The molecule has 0 atom stereocenters. The lowest BCUT2D eigenvalue weighted by molar-refractivity contribution is -0.138. The maximum atomic E-state index is 10.7. The molecule has 0 fully saturated rings. The van der Waals surface area contributed by atoms with Crippen molar-refractivity contribution < 1.29 is 14.3 Å². The van der Waals surface area contributed by atoms with E-state index < -0.39 is 11.7 Å². The fraction of sp³-hybridized carbons (Fsp3) is 0.250. The molecule has 1 heterocycles. The van der Waals surface area contributed by atoms with Gasteiger partial charge in [-0.05, 0) is 0 Å². The van der Waals surface area contributed by atoms with Gasteiger partial charge in [-0.25, -0.2) is 9.59 Å². The first-order valence-corrected chi connectivity index (χ1v) is 4.05. The first kappa shape index (κ1) is 10.9. The third-order valence-electron chi connectivity index (χ3n) is 1.30. The van der Waals surface area contributed by atoms with Crippen LogP contribution in [-0.4, -0.2) is 34.1 Å². The molecule has 0 saturated carbocycles. The molecule has 0 radical (unpaired) electrons. The summed E-state index contributed by atoms with van der Waals surface area (Å²) < 4.78 is 9.59. The second kappa shape index (κ2) is 5.53. The van der Waals surface area contributed by atoms with E-state index in [-0.39, 0.29) is 19.2 Å². The van der Waals surface area contributed by atoms with Gasteiger partial charge in [0.05, 0.1) is 0 Å². The molecule has 7 heteroatoms. The lowest BCUT2D eigenvalue weighted by atomic mass is 10.6. The number of carbonyl (C=O) groups excluding carboxylic acids is 1. The van der Waals surface area contributed by atoms with Crippen LogP contribution >= 0.6 is 0 Å². The Kier molecular flexibility index (Phi) is 4.02. The fourth-order valence-electron chi connectivity index (χ4n) is 0.703. The number of ether oxygens (including phenoxy) is 2. The van der Waals surface area contributed by atoms with Crippen molar-refractivity contribution in [3.8, 4) is 6.01 Å². The Morgan fingerprint density at radius 2 is 2.33 bits per heavy atom. The van der Waals surface area contributed by atoms with Gasteiger partial charge in [0.1, 0.15) is 19.5 Å². The highest BCUT2D eigenvalue weighted by molar-refractivity contribution is 5.81. The van der Waals surface area contributed by atoms with Gasteiger partial charge >= 0.3 is 11.7 Å². The Bertz CT molecular complexity index is 401. The first-order valence-electron chi connectivity index (χ1n) is 4.05. The predicted octanol–water partition coefficient (Wildman–Crippen LogP) is -0.727. The van der Waals surface area contributed by atoms with Gasteiger partial charge in [-0.15, -0.1) is 0 Å². The van der Waals surface area contributed by atoms with Crippen LogP contribution in [-0.2, 0) is 9.53 Å². The SMILES string of the molecule is C=CC(=O)OCCOc1ncnc(=O)[nH]1. The number of hydrogen-bond donors (Lipinski definition) is 1. The molecule has 0 aliphatic carbocycles. The molecule has 0 aliphatic rings. The van der Waals surface area contributed by atoms with Crippen LogP contribution in [0.15, 0.2) is 23.8 Å². The molecule has 0 amide bonds. The Balaban J connectivity index is 2.29. The van der Waals surface area contributed by atoms with E-state index in [9.17, 15) is 9.59 Å². The summed E-state index contributed by atoms with van der Waals surface area (Å²) in [5.41, 5.74) is -0.553. The number of carbonyl (C=O) groups is 1. The van der Waals surface area contributed by atoms with Crippen molar-refractivity contribution >= 4 is 5.97 Å². The monoisotopic (exact) mass is 211 g/mol. The second-order valence-corrected chi connectivity index (χ2v) is 2.33. The number of H-pyrrole nitrogens is 1. The van der Waals surface area contributed by atoms with Gasteiger partial charge in [0.25, 0.3) is 6.01 Å². The van der Waals surface area contributed by atoms with Crippen LogP contribution in [0.4, 0.5) is 0 Å². The van der Waals surface area contributed by atoms with Gasteiger partial charge in [-0.2, -0.15) is 9.97 Å². The number of nitrogens with zero attached hydrogens (tertiary/aromatic N) is 2. The quantitative estimate of drug-likeness (QED) is 0.392. The number of hydrogen-bond acceptors (Lipinski definition) is 6. The summed E-state index contributed by atoms with van der Waals surface area (Å²) in [6.45, 7) is 3.37. The number of aromatic nitrogens is 3. The molecule has 1 N–H and O–H groups in total. The van der Waals surface area contributed by atoms with Gasteiger partial charge in [0, 0.05) is 6.08 Å². The molecule has 1 rings (SSSR count). The number of esters is 1. The van der Waals surface area contributed by atoms with Crippen LogP contribution in [0.2, 0.25) is 0 Å². The van der Waals surface area contributed by atoms with Crippen molar-refractivity contribution in [2.75, 3.05) is 13.2 Å². The molecule has 0 spiro atoms. The molecular formula is C8H9N3O4. The maximum absolute atomic E-state index is 10.7. The summed E-state index contributed by atoms with van der Waals surface area (Å²) in [5.74, 6) is -0.533. The van der Waals surface area contributed by atoms with E-state index in [1.807, 2.05) is 0 Å². The highest BCUT2D eigenvalue weighted by Gasteiger charge is 1.98. The summed E-state index contributed by atoms with van der Waals surface area (Å²) in [6, 6.07) is 0.0321. The zero-order valence-electron chi connectivity index (χ0n) is 7.80. The van der Waals surface area contributed by atoms with Crippen molar-refractivity contribution in [3.05, 3.63) is 29.5 Å². The zero-order valence-corrected chi connectivity index (χ0v) is 7.80. The minimum Gasteiger partial charge on any atom is -0.461 e. The van der Waals surface area contributed by atoms with Crippen LogP contribution < -0.4 is 10.4 Å². The van der Waals surface area contributed by atoms with Crippen molar-refractivity contribution in [1.82, 2.24) is 15.0 Å². The molecule has 80 valence electrons. The lowest BCUT2D eigenvalue weighted by Crippen LogP contribution is -2.15. The van der Waals surface area contributed by atoms with Crippen molar-refractivity contribution in [3.63, 3.8) is 0 Å². The van der Waals surface area contributed by atoms with E-state index in [1.54, 1.807) is 0 Å².